The highest BCUT2D eigenvalue weighted by molar-refractivity contribution is 5.87. The second-order valence-corrected chi connectivity index (χ2v) is 6.64. The van der Waals surface area contributed by atoms with Crippen molar-refractivity contribution in [2.75, 3.05) is 19.0 Å². The van der Waals surface area contributed by atoms with Gasteiger partial charge in [-0.3, -0.25) is 9.98 Å². The summed E-state index contributed by atoms with van der Waals surface area (Å²) in [5, 5.41) is 0. The lowest BCUT2D eigenvalue weighted by atomic mass is 9.85. The van der Waals surface area contributed by atoms with Crippen molar-refractivity contribution in [1.29, 1.82) is 0 Å². The van der Waals surface area contributed by atoms with Crippen molar-refractivity contribution in [2.24, 2.45) is 4.99 Å². The fourth-order valence-electron chi connectivity index (χ4n) is 3.28. The quantitative estimate of drug-likeness (QED) is 0.512. The largest absolute Gasteiger partial charge is 0.378 e. The molecular formula is C23H21N3. The molecule has 0 radical (unpaired) electrons. The number of hydrogen-bond donors (Lipinski definition) is 0. The van der Waals surface area contributed by atoms with Crippen molar-refractivity contribution in [3.05, 3.63) is 101 Å². The highest BCUT2D eigenvalue weighted by Gasteiger charge is 2.20. The number of aliphatic imine (C=N–C) groups is 1. The molecule has 0 aliphatic heterocycles. The summed E-state index contributed by atoms with van der Waals surface area (Å²) in [4.78, 5) is 11.3. The topological polar surface area (TPSA) is 28.5 Å². The third kappa shape index (κ3) is 3.16. The number of anilines is 1. The third-order valence-corrected chi connectivity index (χ3v) is 4.68. The Morgan fingerprint density at radius 2 is 1.69 bits per heavy atom. The van der Waals surface area contributed by atoms with Gasteiger partial charge in [0.25, 0.3) is 0 Å². The van der Waals surface area contributed by atoms with E-state index >= 15 is 0 Å². The Morgan fingerprint density at radius 1 is 0.923 bits per heavy atom. The summed E-state index contributed by atoms with van der Waals surface area (Å²) in [6.07, 6.45) is 6.59. The average Bonchev–Trinajstić information content (AvgIpc) is 2.68. The van der Waals surface area contributed by atoms with Crippen LogP contribution < -0.4 is 4.90 Å². The highest BCUT2D eigenvalue weighted by atomic mass is 15.1. The number of aromatic nitrogens is 1. The number of rotatable bonds is 3. The van der Waals surface area contributed by atoms with Gasteiger partial charge in [-0.2, -0.15) is 0 Å². The summed E-state index contributed by atoms with van der Waals surface area (Å²) >= 11 is 0. The molecule has 0 saturated carbocycles. The molecule has 0 atom stereocenters. The fourth-order valence-corrected chi connectivity index (χ4v) is 3.28. The van der Waals surface area contributed by atoms with Crippen LogP contribution in [0, 0.1) is 0 Å². The number of pyridine rings is 1. The van der Waals surface area contributed by atoms with Gasteiger partial charge in [-0.15, -0.1) is 0 Å². The standard InChI is InChI=1S/C23H21N3/c1-26(2)19-11-9-17(10-12-19)15-24-16-22-20-7-4-3-6-18(20)14-23-21(22)8-5-13-25-23/h3-13,15-16H,14H2,1-2H3/b22-16+,24-15?. The van der Waals surface area contributed by atoms with Gasteiger partial charge >= 0.3 is 0 Å². The van der Waals surface area contributed by atoms with E-state index in [1.165, 1.54) is 22.4 Å². The van der Waals surface area contributed by atoms with Gasteiger partial charge in [-0.25, -0.2) is 0 Å². The van der Waals surface area contributed by atoms with Gasteiger partial charge in [0.05, 0.1) is 5.69 Å². The second kappa shape index (κ2) is 6.96. The van der Waals surface area contributed by atoms with E-state index in [1.807, 2.05) is 38.8 Å². The van der Waals surface area contributed by atoms with E-state index in [0.29, 0.717) is 0 Å². The molecule has 2 aromatic carbocycles. The summed E-state index contributed by atoms with van der Waals surface area (Å²) < 4.78 is 0. The van der Waals surface area contributed by atoms with Gasteiger partial charge in [0.1, 0.15) is 0 Å². The Kier molecular flexibility index (Phi) is 4.36. The summed E-state index contributed by atoms with van der Waals surface area (Å²) in [6.45, 7) is 0. The molecule has 1 aromatic heterocycles. The Hall–Kier alpha value is -3.20. The van der Waals surface area contributed by atoms with Gasteiger partial charge < -0.3 is 4.90 Å². The molecule has 3 aromatic rings. The zero-order chi connectivity index (χ0) is 17.9. The molecule has 0 saturated heterocycles. The minimum atomic E-state index is 0.874. The van der Waals surface area contributed by atoms with E-state index in [4.69, 9.17) is 0 Å². The minimum absolute atomic E-state index is 0.874. The summed E-state index contributed by atoms with van der Waals surface area (Å²) in [5.41, 5.74) is 8.23. The van der Waals surface area contributed by atoms with Crippen LogP contribution in [0.1, 0.15) is 27.9 Å². The predicted molar refractivity (Wildman–Crippen MR) is 109 cm³/mol. The van der Waals surface area contributed by atoms with Gasteiger partial charge in [0.2, 0.25) is 0 Å². The SMILES string of the molecule is CN(C)c1ccc(C=N/C=C2\c3ccccc3Cc3ncccc32)cc1. The molecule has 0 spiro atoms. The van der Waals surface area contributed by atoms with Crippen molar-refractivity contribution in [3.8, 4) is 0 Å². The Labute approximate surface area is 154 Å². The Bertz CT molecular complexity index is 935. The van der Waals surface area contributed by atoms with Crippen LogP contribution in [0.3, 0.4) is 0 Å². The van der Waals surface area contributed by atoms with Crippen LogP contribution in [0.25, 0.3) is 5.57 Å². The van der Waals surface area contributed by atoms with Crippen molar-refractivity contribution >= 4 is 17.5 Å². The fraction of sp³-hybridized carbons (Fsp3) is 0.130. The molecule has 1 heterocycles. The second-order valence-electron chi connectivity index (χ2n) is 6.64. The molecule has 128 valence electrons. The first-order valence-electron chi connectivity index (χ1n) is 8.75. The van der Waals surface area contributed by atoms with E-state index in [1.54, 1.807) is 0 Å². The summed E-state index contributed by atoms with van der Waals surface area (Å²) in [7, 11) is 4.08. The number of hydrogen-bond acceptors (Lipinski definition) is 3. The molecule has 26 heavy (non-hydrogen) atoms. The van der Waals surface area contributed by atoms with Gasteiger partial charge in [0.15, 0.2) is 0 Å². The molecule has 0 bridgehead atoms. The predicted octanol–water partition coefficient (Wildman–Crippen LogP) is 4.56. The van der Waals surface area contributed by atoms with Crippen molar-refractivity contribution in [2.45, 2.75) is 6.42 Å². The molecule has 3 heteroatoms. The molecule has 3 nitrogen and oxygen atoms in total. The van der Waals surface area contributed by atoms with Crippen LogP contribution in [-0.2, 0) is 6.42 Å². The maximum absolute atomic E-state index is 4.61. The van der Waals surface area contributed by atoms with Crippen molar-refractivity contribution in [3.63, 3.8) is 0 Å². The van der Waals surface area contributed by atoms with Crippen molar-refractivity contribution < 1.29 is 0 Å². The Balaban J connectivity index is 1.68. The maximum atomic E-state index is 4.61. The van der Waals surface area contributed by atoms with E-state index in [2.05, 4.69) is 69.5 Å². The van der Waals surface area contributed by atoms with Crippen LogP contribution in [0.5, 0.6) is 0 Å². The van der Waals surface area contributed by atoms with Crippen LogP contribution in [0.2, 0.25) is 0 Å². The third-order valence-electron chi connectivity index (χ3n) is 4.68. The average molecular weight is 339 g/mol. The molecule has 1 aliphatic rings. The molecule has 0 fully saturated rings. The van der Waals surface area contributed by atoms with Crippen LogP contribution in [0.15, 0.2) is 78.1 Å². The van der Waals surface area contributed by atoms with Gasteiger partial charge in [-0.1, -0.05) is 42.5 Å². The van der Waals surface area contributed by atoms with Gasteiger partial charge in [0, 0.05) is 56.0 Å². The highest BCUT2D eigenvalue weighted by Crippen LogP contribution is 2.34. The zero-order valence-corrected chi connectivity index (χ0v) is 15.1. The van der Waals surface area contributed by atoms with E-state index < -0.39 is 0 Å². The minimum Gasteiger partial charge on any atom is -0.378 e. The molecule has 0 N–H and O–H groups in total. The lowest BCUT2D eigenvalue weighted by molar-refractivity contribution is 1.04. The number of nitrogens with zero attached hydrogens (tertiary/aromatic N) is 3. The van der Waals surface area contributed by atoms with Crippen LogP contribution in [0.4, 0.5) is 5.69 Å². The molecule has 4 rings (SSSR count). The Morgan fingerprint density at radius 3 is 2.50 bits per heavy atom. The maximum Gasteiger partial charge on any atom is 0.0526 e. The number of benzene rings is 2. The van der Waals surface area contributed by atoms with E-state index in [-0.39, 0.29) is 0 Å². The molecule has 0 unspecified atom stereocenters. The number of fused-ring (bicyclic) bond motifs is 2. The monoisotopic (exact) mass is 339 g/mol. The smallest absolute Gasteiger partial charge is 0.0526 e. The lowest BCUT2D eigenvalue weighted by Gasteiger charge is -2.20. The molecule has 1 aliphatic carbocycles. The van der Waals surface area contributed by atoms with Crippen LogP contribution >= 0.6 is 0 Å². The van der Waals surface area contributed by atoms with E-state index in [0.717, 1.165) is 23.3 Å². The van der Waals surface area contributed by atoms with Gasteiger partial charge in [-0.05, 0) is 34.9 Å². The molecule has 0 amide bonds. The zero-order valence-electron chi connectivity index (χ0n) is 15.1. The van der Waals surface area contributed by atoms with Crippen molar-refractivity contribution in [1.82, 2.24) is 4.98 Å². The summed E-state index contributed by atoms with van der Waals surface area (Å²) in [5.74, 6) is 0. The lowest BCUT2D eigenvalue weighted by Crippen LogP contribution is -2.08. The molecular weight excluding hydrogens is 318 g/mol. The first-order chi connectivity index (χ1) is 12.7. The summed E-state index contributed by atoms with van der Waals surface area (Å²) in [6, 6.07) is 21.0. The normalized spacial score (nSPS) is 14.3. The van der Waals surface area contributed by atoms with Crippen LogP contribution in [-0.4, -0.2) is 25.3 Å². The first kappa shape index (κ1) is 16.3. The van der Waals surface area contributed by atoms with E-state index in [9.17, 15) is 0 Å². The first-order valence-corrected chi connectivity index (χ1v) is 8.75.